The summed E-state index contributed by atoms with van der Waals surface area (Å²) in [5, 5.41) is 3.28. The number of guanidine groups is 1. The second-order valence-corrected chi connectivity index (χ2v) is 6.81. The Balaban J connectivity index is 1.55. The maximum absolute atomic E-state index is 13.7. The van der Waals surface area contributed by atoms with Crippen molar-refractivity contribution in [2.75, 3.05) is 39.3 Å². The molecule has 3 rings (SSSR count). The summed E-state index contributed by atoms with van der Waals surface area (Å²) in [4.78, 5) is 20.9. The smallest absolute Gasteiger partial charge is 0.289 e. The SMILES string of the molecule is CCNC(=NCC(C)Oc1ccccc1F)N1CCN(C(=O)c2ccco2)CC1. The second-order valence-electron chi connectivity index (χ2n) is 6.81. The van der Waals surface area contributed by atoms with Crippen LogP contribution in [-0.2, 0) is 0 Å². The highest BCUT2D eigenvalue weighted by Crippen LogP contribution is 2.17. The molecule has 8 heteroatoms. The Hall–Kier alpha value is -3.03. The number of carbonyl (C=O) groups is 1. The molecule has 0 aliphatic carbocycles. The van der Waals surface area contributed by atoms with Crippen molar-refractivity contribution in [3.8, 4) is 5.75 Å². The molecule has 7 nitrogen and oxygen atoms in total. The van der Waals surface area contributed by atoms with Crippen molar-refractivity contribution in [1.29, 1.82) is 0 Å². The fourth-order valence-electron chi connectivity index (χ4n) is 3.11. The third kappa shape index (κ3) is 5.49. The Kier molecular flexibility index (Phi) is 7.10. The van der Waals surface area contributed by atoms with E-state index in [4.69, 9.17) is 9.15 Å². The number of nitrogens with zero attached hydrogens (tertiary/aromatic N) is 3. The first-order valence-corrected chi connectivity index (χ1v) is 9.85. The normalized spacial score (nSPS) is 15.9. The van der Waals surface area contributed by atoms with Crippen LogP contribution < -0.4 is 10.1 Å². The zero-order chi connectivity index (χ0) is 20.6. The molecular formula is C21H27FN4O3. The monoisotopic (exact) mass is 402 g/mol. The summed E-state index contributed by atoms with van der Waals surface area (Å²) in [5.74, 6) is 0.876. The minimum Gasteiger partial charge on any atom is -0.486 e. The predicted molar refractivity (Wildman–Crippen MR) is 109 cm³/mol. The van der Waals surface area contributed by atoms with Crippen molar-refractivity contribution in [2.45, 2.75) is 20.0 Å². The number of furan rings is 1. The number of hydrogen-bond donors (Lipinski definition) is 1. The van der Waals surface area contributed by atoms with Gasteiger partial charge in [-0.25, -0.2) is 9.38 Å². The number of para-hydroxylation sites is 1. The van der Waals surface area contributed by atoms with Crippen LogP contribution in [0, 0.1) is 5.82 Å². The van der Waals surface area contributed by atoms with Crippen LogP contribution in [-0.4, -0.2) is 67.0 Å². The molecule has 1 amide bonds. The molecule has 0 saturated carbocycles. The Labute approximate surface area is 170 Å². The number of carbonyl (C=O) groups excluding carboxylic acids is 1. The van der Waals surface area contributed by atoms with Crippen molar-refractivity contribution in [1.82, 2.24) is 15.1 Å². The van der Waals surface area contributed by atoms with Gasteiger partial charge in [0.25, 0.3) is 5.91 Å². The van der Waals surface area contributed by atoms with Gasteiger partial charge in [-0.1, -0.05) is 12.1 Å². The number of rotatable bonds is 6. The molecule has 1 aromatic carbocycles. The van der Waals surface area contributed by atoms with Crippen molar-refractivity contribution in [3.05, 3.63) is 54.2 Å². The molecule has 1 saturated heterocycles. The van der Waals surface area contributed by atoms with Crippen LogP contribution in [0.3, 0.4) is 0 Å². The average molecular weight is 402 g/mol. The minimum atomic E-state index is -0.382. The van der Waals surface area contributed by atoms with Crippen LogP contribution in [0.2, 0.25) is 0 Å². The standard InChI is InChI=1S/C21H27FN4O3/c1-3-23-21(24-15-16(2)29-18-8-5-4-7-17(18)22)26-12-10-25(11-13-26)20(27)19-9-6-14-28-19/h4-9,14,16H,3,10-13,15H2,1-2H3,(H,23,24). The molecule has 1 unspecified atom stereocenters. The van der Waals surface area contributed by atoms with Crippen LogP contribution in [0.5, 0.6) is 5.75 Å². The van der Waals surface area contributed by atoms with Crippen LogP contribution in [0.4, 0.5) is 4.39 Å². The van der Waals surface area contributed by atoms with Crippen LogP contribution in [0.25, 0.3) is 0 Å². The Bertz CT molecular complexity index is 817. The number of piperazine rings is 1. The number of aliphatic imine (C=N–C) groups is 1. The summed E-state index contributed by atoms with van der Waals surface area (Å²) in [5.41, 5.74) is 0. The van der Waals surface area contributed by atoms with Gasteiger partial charge < -0.3 is 24.3 Å². The van der Waals surface area contributed by atoms with Crippen molar-refractivity contribution < 1.29 is 18.3 Å². The number of halogens is 1. The fourth-order valence-corrected chi connectivity index (χ4v) is 3.11. The van der Waals surface area contributed by atoms with E-state index in [1.165, 1.54) is 12.3 Å². The lowest BCUT2D eigenvalue weighted by atomic mass is 10.3. The number of hydrogen-bond acceptors (Lipinski definition) is 4. The van der Waals surface area contributed by atoms with E-state index < -0.39 is 0 Å². The molecule has 0 bridgehead atoms. The fraction of sp³-hybridized carbons (Fsp3) is 0.429. The topological polar surface area (TPSA) is 70.3 Å². The Morgan fingerprint density at radius 2 is 1.93 bits per heavy atom. The number of amides is 1. The summed E-state index contributed by atoms with van der Waals surface area (Å²) >= 11 is 0. The highest BCUT2D eigenvalue weighted by molar-refractivity contribution is 5.91. The van der Waals surface area contributed by atoms with Crippen LogP contribution in [0.15, 0.2) is 52.1 Å². The van der Waals surface area contributed by atoms with Gasteiger partial charge in [0, 0.05) is 32.7 Å². The van der Waals surface area contributed by atoms with Gasteiger partial charge in [0.15, 0.2) is 23.3 Å². The molecule has 1 fully saturated rings. The highest BCUT2D eigenvalue weighted by Gasteiger charge is 2.25. The van der Waals surface area contributed by atoms with E-state index >= 15 is 0 Å². The van der Waals surface area contributed by atoms with E-state index in [1.807, 2.05) is 13.8 Å². The maximum Gasteiger partial charge on any atom is 0.289 e. The summed E-state index contributed by atoms with van der Waals surface area (Å²) in [6, 6.07) is 9.74. The van der Waals surface area contributed by atoms with Gasteiger partial charge in [0.05, 0.1) is 12.8 Å². The zero-order valence-corrected chi connectivity index (χ0v) is 16.8. The lowest BCUT2D eigenvalue weighted by Crippen LogP contribution is -2.53. The third-order valence-corrected chi connectivity index (χ3v) is 4.60. The van der Waals surface area contributed by atoms with Gasteiger partial charge in [-0.3, -0.25) is 4.79 Å². The van der Waals surface area contributed by atoms with Gasteiger partial charge in [-0.2, -0.15) is 0 Å². The quantitative estimate of drug-likeness (QED) is 0.594. The molecule has 1 aromatic heterocycles. The lowest BCUT2D eigenvalue weighted by Gasteiger charge is -2.36. The second kappa shape index (κ2) is 9.95. The first-order chi connectivity index (χ1) is 14.1. The summed E-state index contributed by atoms with van der Waals surface area (Å²) in [6.45, 7) is 7.50. The molecule has 1 N–H and O–H groups in total. The van der Waals surface area contributed by atoms with E-state index in [0.29, 0.717) is 38.5 Å². The highest BCUT2D eigenvalue weighted by atomic mass is 19.1. The van der Waals surface area contributed by atoms with Gasteiger partial charge in [-0.15, -0.1) is 0 Å². The van der Waals surface area contributed by atoms with Crippen molar-refractivity contribution in [3.63, 3.8) is 0 Å². The van der Waals surface area contributed by atoms with Crippen molar-refractivity contribution in [2.24, 2.45) is 4.99 Å². The Morgan fingerprint density at radius 1 is 1.21 bits per heavy atom. The first kappa shape index (κ1) is 20.7. The van der Waals surface area contributed by atoms with E-state index in [9.17, 15) is 9.18 Å². The van der Waals surface area contributed by atoms with Crippen LogP contribution in [0.1, 0.15) is 24.4 Å². The molecule has 1 atom stereocenters. The maximum atomic E-state index is 13.7. The van der Waals surface area contributed by atoms with E-state index in [1.54, 1.807) is 35.2 Å². The van der Waals surface area contributed by atoms with Gasteiger partial charge in [0.1, 0.15) is 6.10 Å². The lowest BCUT2D eigenvalue weighted by molar-refractivity contribution is 0.0657. The van der Waals surface area contributed by atoms with Crippen LogP contribution >= 0.6 is 0 Å². The summed E-state index contributed by atoms with van der Waals surface area (Å²) in [7, 11) is 0. The molecule has 0 radical (unpaired) electrons. The largest absolute Gasteiger partial charge is 0.486 e. The molecule has 1 aliphatic heterocycles. The molecule has 2 heterocycles. The molecule has 1 aliphatic rings. The van der Waals surface area contributed by atoms with E-state index in [-0.39, 0.29) is 23.6 Å². The Morgan fingerprint density at radius 3 is 2.59 bits per heavy atom. The average Bonchev–Trinajstić information content (AvgIpc) is 3.27. The van der Waals surface area contributed by atoms with E-state index in [0.717, 1.165) is 12.5 Å². The minimum absolute atomic E-state index is 0.0940. The van der Waals surface area contributed by atoms with Gasteiger partial charge in [-0.05, 0) is 38.1 Å². The molecular weight excluding hydrogens is 375 g/mol. The first-order valence-electron chi connectivity index (χ1n) is 9.85. The molecule has 2 aromatic rings. The molecule has 29 heavy (non-hydrogen) atoms. The summed E-state index contributed by atoms with van der Waals surface area (Å²) < 4.78 is 24.6. The summed E-state index contributed by atoms with van der Waals surface area (Å²) in [6.07, 6.45) is 1.23. The molecule has 156 valence electrons. The number of ether oxygens (including phenoxy) is 1. The third-order valence-electron chi connectivity index (χ3n) is 4.60. The number of nitrogens with one attached hydrogen (secondary N) is 1. The molecule has 0 spiro atoms. The van der Waals surface area contributed by atoms with Crippen molar-refractivity contribution >= 4 is 11.9 Å². The van der Waals surface area contributed by atoms with E-state index in [2.05, 4.69) is 15.2 Å². The van der Waals surface area contributed by atoms with Gasteiger partial charge in [0.2, 0.25) is 0 Å². The zero-order valence-electron chi connectivity index (χ0n) is 16.8. The van der Waals surface area contributed by atoms with Gasteiger partial charge >= 0.3 is 0 Å². The number of benzene rings is 1. The predicted octanol–water partition coefficient (Wildman–Crippen LogP) is 2.61.